The van der Waals surface area contributed by atoms with E-state index in [-0.39, 0.29) is 18.2 Å². The van der Waals surface area contributed by atoms with E-state index in [1.54, 1.807) is 0 Å². The van der Waals surface area contributed by atoms with Gasteiger partial charge in [0, 0.05) is 12.4 Å². The smallest absolute Gasteiger partial charge is 0.0603 e. The molecule has 2 aromatic heterocycles. The lowest BCUT2D eigenvalue weighted by atomic mass is 9.89. The molecule has 0 spiro atoms. The first kappa shape index (κ1) is 14.2. The van der Waals surface area contributed by atoms with Crippen molar-refractivity contribution in [2.45, 2.75) is 44.9 Å². The highest BCUT2D eigenvalue weighted by Gasteiger charge is 2.31. The van der Waals surface area contributed by atoms with Crippen LogP contribution in [0.5, 0.6) is 0 Å². The fraction of sp³-hybridized carbons (Fsp3) is 0.412. The van der Waals surface area contributed by atoms with Crippen LogP contribution in [0.2, 0.25) is 0 Å². The number of aliphatic hydroxyl groups excluding tert-OH is 1. The van der Waals surface area contributed by atoms with Gasteiger partial charge < -0.3 is 10.4 Å². The highest BCUT2D eigenvalue weighted by atomic mass is 16.3. The van der Waals surface area contributed by atoms with Crippen LogP contribution in [0.1, 0.15) is 47.4 Å². The second-order valence-corrected chi connectivity index (χ2v) is 5.81. The van der Waals surface area contributed by atoms with Crippen molar-refractivity contribution in [1.29, 1.82) is 0 Å². The zero-order valence-electron chi connectivity index (χ0n) is 12.5. The minimum absolute atomic E-state index is 0.0707. The zero-order chi connectivity index (χ0) is 14.8. The fourth-order valence-corrected chi connectivity index (χ4v) is 3.13. The normalized spacial score (nSPS) is 25.8. The predicted octanol–water partition coefficient (Wildman–Crippen LogP) is 2.62. The topological polar surface area (TPSA) is 58.0 Å². The average Bonchev–Trinajstić information content (AvgIpc) is 2.47. The van der Waals surface area contributed by atoms with Gasteiger partial charge in [-0.05, 0) is 49.9 Å². The molecule has 4 nitrogen and oxygen atoms in total. The van der Waals surface area contributed by atoms with Crippen LogP contribution in [0, 0.1) is 13.8 Å². The first-order valence-corrected chi connectivity index (χ1v) is 7.42. The quantitative estimate of drug-likeness (QED) is 0.889. The first-order chi connectivity index (χ1) is 10.1. The molecule has 0 amide bonds. The summed E-state index contributed by atoms with van der Waals surface area (Å²) in [4.78, 5) is 8.99. The Morgan fingerprint density at radius 3 is 1.86 bits per heavy atom. The van der Waals surface area contributed by atoms with Crippen LogP contribution in [-0.2, 0) is 0 Å². The monoisotopic (exact) mass is 283 g/mol. The van der Waals surface area contributed by atoms with Crippen molar-refractivity contribution in [2.75, 3.05) is 0 Å². The van der Waals surface area contributed by atoms with E-state index in [1.807, 2.05) is 24.5 Å². The van der Waals surface area contributed by atoms with E-state index < -0.39 is 0 Å². The van der Waals surface area contributed by atoms with Crippen molar-refractivity contribution in [1.82, 2.24) is 15.3 Å². The summed E-state index contributed by atoms with van der Waals surface area (Å²) in [7, 11) is 0. The maximum atomic E-state index is 10.3. The summed E-state index contributed by atoms with van der Waals surface area (Å²) in [5.74, 6) is 0. The Kier molecular flexibility index (Phi) is 3.99. The SMILES string of the molecule is Cc1cccnc1[C@@H]1C[C@@H](O)C[C@H](c2ncccc2C)N1. The summed E-state index contributed by atoms with van der Waals surface area (Å²) >= 11 is 0. The van der Waals surface area contributed by atoms with E-state index in [1.165, 1.54) is 0 Å². The second kappa shape index (κ2) is 5.92. The number of piperidine rings is 1. The van der Waals surface area contributed by atoms with Crippen molar-refractivity contribution in [2.24, 2.45) is 0 Å². The molecule has 1 aliphatic heterocycles. The van der Waals surface area contributed by atoms with E-state index in [0.717, 1.165) is 22.5 Å². The third-order valence-corrected chi connectivity index (χ3v) is 4.18. The van der Waals surface area contributed by atoms with Gasteiger partial charge in [-0.2, -0.15) is 0 Å². The highest BCUT2D eigenvalue weighted by Crippen LogP contribution is 2.33. The summed E-state index contributed by atoms with van der Waals surface area (Å²) in [6, 6.07) is 8.15. The number of nitrogens with one attached hydrogen (secondary N) is 1. The lowest BCUT2D eigenvalue weighted by Crippen LogP contribution is -2.38. The van der Waals surface area contributed by atoms with Crippen LogP contribution in [0.25, 0.3) is 0 Å². The van der Waals surface area contributed by atoms with E-state index >= 15 is 0 Å². The second-order valence-electron chi connectivity index (χ2n) is 5.81. The van der Waals surface area contributed by atoms with Gasteiger partial charge in [-0.25, -0.2) is 0 Å². The molecule has 0 unspecified atom stereocenters. The summed E-state index contributed by atoms with van der Waals surface area (Å²) in [5, 5.41) is 13.9. The molecule has 0 aromatic carbocycles. The maximum Gasteiger partial charge on any atom is 0.0603 e. The van der Waals surface area contributed by atoms with Crippen LogP contribution in [0.4, 0.5) is 0 Å². The van der Waals surface area contributed by atoms with Gasteiger partial charge in [0.2, 0.25) is 0 Å². The van der Waals surface area contributed by atoms with E-state index in [0.29, 0.717) is 12.8 Å². The van der Waals surface area contributed by atoms with Crippen LogP contribution < -0.4 is 5.32 Å². The van der Waals surface area contributed by atoms with Crippen LogP contribution >= 0.6 is 0 Å². The van der Waals surface area contributed by atoms with Crippen molar-refractivity contribution in [3.8, 4) is 0 Å². The van der Waals surface area contributed by atoms with Gasteiger partial charge in [-0.15, -0.1) is 0 Å². The minimum Gasteiger partial charge on any atom is -0.393 e. The fourth-order valence-electron chi connectivity index (χ4n) is 3.13. The summed E-state index contributed by atoms with van der Waals surface area (Å²) in [5.41, 5.74) is 4.35. The molecule has 0 aliphatic carbocycles. The Bertz CT molecular complexity index is 575. The van der Waals surface area contributed by atoms with Crippen LogP contribution in [-0.4, -0.2) is 21.2 Å². The molecule has 1 aliphatic rings. The van der Waals surface area contributed by atoms with Gasteiger partial charge in [0.05, 0.1) is 29.6 Å². The van der Waals surface area contributed by atoms with Crippen LogP contribution in [0.15, 0.2) is 36.7 Å². The van der Waals surface area contributed by atoms with Crippen LogP contribution in [0.3, 0.4) is 0 Å². The molecule has 3 atom stereocenters. The molecule has 0 bridgehead atoms. The zero-order valence-corrected chi connectivity index (χ0v) is 12.5. The van der Waals surface area contributed by atoms with Crippen molar-refractivity contribution in [3.05, 3.63) is 59.2 Å². The predicted molar refractivity (Wildman–Crippen MR) is 81.8 cm³/mol. The van der Waals surface area contributed by atoms with Gasteiger partial charge in [0.25, 0.3) is 0 Å². The maximum absolute atomic E-state index is 10.3. The number of nitrogens with zero attached hydrogens (tertiary/aromatic N) is 2. The first-order valence-electron chi connectivity index (χ1n) is 7.42. The number of aryl methyl sites for hydroxylation is 2. The number of pyridine rings is 2. The number of aromatic nitrogens is 2. The molecular weight excluding hydrogens is 262 g/mol. The lowest BCUT2D eigenvalue weighted by molar-refractivity contribution is 0.0910. The van der Waals surface area contributed by atoms with Gasteiger partial charge in [0.1, 0.15) is 0 Å². The van der Waals surface area contributed by atoms with E-state index in [9.17, 15) is 5.11 Å². The van der Waals surface area contributed by atoms with Gasteiger partial charge in [0.15, 0.2) is 0 Å². The summed E-state index contributed by atoms with van der Waals surface area (Å²) in [6.07, 6.45) is 4.68. The molecule has 0 radical (unpaired) electrons. The molecule has 3 rings (SSSR count). The summed E-state index contributed by atoms with van der Waals surface area (Å²) < 4.78 is 0. The Morgan fingerprint density at radius 1 is 0.952 bits per heavy atom. The summed E-state index contributed by atoms with van der Waals surface area (Å²) in [6.45, 7) is 4.12. The third kappa shape index (κ3) is 2.96. The number of hydrogen-bond donors (Lipinski definition) is 2. The molecular formula is C17H21N3O. The van der Waals surface area contributed by atoms with Gasteiger partial charge in [-0.1, -0.05) is 12.1 Å². The Balaban J connectivity index is 1.89. The van der Waals surface area contributed by atoms with Gasteiger partial charge >= 0.3 is 0 Å². The van der Waals surface area contributed by atoms with E-state index in [2.05, 4.69) is 41.3 Å². The molecule has 0 saturated carbocycles. The van der Waals surface area contributed by atoms with Crippen molar-refractivity contribution >= 4 is 0 Å². The molecule has 4 heteroatoms. The Labute approximate surface area is 125 Å². The number of aliphatic hydroxyl groups is 1. The van der Waals surface area contributed by atoms with Crippen molar-refractivity contribution < 1.29 is 5.11 Å². The Morgan fingerprint density at radius 2 is 1.43 bits per heavy atom. The van der Waals surface area contributed by atoms with Gasteiger partial charge in [-0.3, -0.25) is 9.97 Å². The molecule has 21 heavy (non-hydrogen) atoms. The molecule has 1 fully saturated rings. The molecule has 1 saturated heterocycles. The molecule has 2 aromatic rings. The molecule has 3 heterocycles. The van der Waals surface area contributed by atoms with E-state index in [4.69, 9.17) is 0 Å². The average molecular weight is 283 g/mol. The minimum atomic E-state index is -0.330. The molecule has 110 valence electrons. The number of rotatable bonds is 2. The highest BCUT2D eigenvalue weighted by molar-refractivity contribution is 5.25. The third-order valence-electron chi connectivity index (χ3n) is 4.18. The largest absolute Gasteiger partial charge is 0.393 e. The lowest BCUT2D eigenvalue weighted by Gasteiger charge is -2.34. The molecule has 2 N–H and O–H groups in total. The number of hydrogen-bond acceptors (Lipinski definition) is 4. The van der Waals surface area contributed by atoms with Crippen molar-refractivity contribution in [3.63, 3.8) is 0 Å². The standard InChI is InChI=1S/C17H21N3O/c1-11-5-3-7-18-16(11)14-9-13(21)10-15(20-14)17-12(2)6-4-8-19-17/h3-8,13-15,20-21H,9-10H2,1-2H3/t13-,14+,15-. The Hall–Kier alpha value is -1.78.